The van der Waals surface area contributed by atoms with Gasteiger partial charge in [-0.25, -0.2) is 9.59 Å². The van der Waals surface area contributed by atoms with Crippen LogP contribution in [-0.4, -0.2) is 42.8 Å². The number of hydrogen-bond donors (Lipinski definition) is 1. The first-order chi connectivity index (χ1) is 21.3. The number of carboxylic acids is 1. The van der Waals surface area contributed by atoms with Gasteiger partial charge in [0.05, 0.1) is 25.4 Å². The molecule has 0 bridgehead atoms. The first kappa shape index (κ1) is 31.6. The first-order valence-electron chi connectivity index (χ1n) is 14.2. The van der Waals surface area contributed by atoms with E-state index < -0.39 is 17.9 Å². The summed E-state index contributed by atoms with van der Waals surface area (Å²) in [5.41, 5.74) is 4.89. The second kappa shape index (κ2) is 15.7. The predicted octanol–water partition coefficient (Wildman–Crippen LogP) is 7.37. The third-order valence-electron chi connectivity index (χ3n) is 6.50. The van der Waals surface area contributed by atoms with E-state index in [0.29, 0.717) is 42.1 Å². The molecule has 0 radical (unpaired) electrons. The molecule has 0 saturated heterocycles. The Hall–Kier alpha value is -5.37. The maximum atomic E-state index is 12.6. The smallest absolute Gasteiger partial charge is 0.343 e. The third kappa shape index (κ3) is 9.59. The molecular weight excluding hydrogens is 560 g/mol. The normalized spacial score (nSPS) is 10.5. The SMILES string of the molecule is C=C(C)C(=O)OCCCOc1ccc(-c2ccc(-c3ccc(OC(=O)c4ccc(OCCCC(=O)O)cc4)cc3)cc2)cc1. The van der Waals surface area contributed by atoms with Gasteiger partial charge >= 0.3 is 17.9 Å². The van der Waals surface area contributed by atoms with Gasteiger partial charge in [-0.2, -0.15) is 0 Å². The molecule has 44 heavy (non-hydrogen) atoms. The van der Waals surface area contributed by atoms with E-state index in [1.54, 1.807) is 43.3 Å². The monoisotopic (exact) mass is 594 g/mol. The van der Waals surface area contributed by atoms with Crippen molar-refractivity contribution in [3.8, 4) is 39.5 Å². The molecule has 0 atom stereocenters. The quantitative estimate of drug-likeness (QED) is 0.0658. The van der Waals surface area contributed by atoms with Crippen LogP contribution in [-0.2, 0) is 14.3 Å². The standard InChI is InChI=1S/C36H34O8/c1-25(2)35(39)43-24-4-23-42-31-16-10-28(11-17-31)26-6-8-27(9-7-26)29-12-20-33(21-13-29)44-36(40)30-14-18-32(19-15-30)41-22-3-5-34(37)38/h6-21H,1,3-5,22-24H2,2H3,(H,37,38). The lowest BCUT2D eigenvalue weighted by molar-refractivity contribution is -0.139. The van der Waals surface area contributed by atoms with E-state index in [2.05, 4.69) is 18.7 Å². The van der Waals surface area contributed by atoms with Crippen LogP contribution in [0.2, 0.25) is 0 Å². The highest BCUT2D eigenvalue weighted by molar-refractivity contribution is 5.91. The number of rotatable bonds is 15. The highest BCUT2D eigenvalue weighted by Gasteiger charge is 2.10. The van der Waals surface area contributed by atoms with Crippen molar-refractivity contribution in [2.45, 2.75) is 26.2 Å². The van der Waals surface area contributed by atoms with Crippen LogP contribution in [0, 0.1) is 0 Å². The Labute approximate surface area is 256 Å². The Morgan fingerprint density at radius 1 is 0.614 bits per heavy atom. The Kier molecular flexibility index (Phi) is 11.3. The molecule has 0 aromatic heterocycles. The van der Waals surface area contributed by atoms with Crippen molar-refractivity contribution >= 4 is 17.9 Å². The molecule has 0 unspecified atom stereocenters. The Bertz CT molecular complexity index is 1550. The summed E-state index contributed by atoms with van der Waals surface area (Å²) in [5, 5.41) is 8.69. The lowest BCUT2D eigenvalue weighted by Crippen LogP contribution is -2.09. The molecule has 4 aromatic rings. The van der Waals surface area contributed by atoms with E-state index in [4.69, 9.17) is 24.1 Å². The van der Waals surface area contributed by atoms with E-state index in [0.717, 1.165) is 28.0 Å². The summed E-state index contributed by atoms with van der Waals surface area (Å²) in [6, 6.07) is 29.8. The van der Waals surface area contributed by atoms with Crippen LogP contribution in [0.15, 0.2) is 109 Å². The number of carboxylic acid groups (broad SMARTS) is 1. The topological polar surface area (TPSA) is 108 Å². The number of benzene rings is 4. The average Bonchev–Trinajstić information content (AvgIpc) is 3.04. The highest BCUT2D eigenvalue weighted by Crippen LogP contribution is 2.28. The molecule has 8 nitrogen and oxygen atoms in total. The molecule has 0 aliphatic carbocycles. The number of hydrogen-bond acceptors (Lipinski definition) is 7. The lowest BCUT2D eigenvalue weighted by atomic mass is 10.0. The van der Waals surface area contributed by atoms with Crippen LogP contribution in [0.25, 0.3) is 22.3 Å². The summed E-state index contributed by atoms with van der Waals surface area (Å²) in [6.45, 7) is 6.18. The molecular formula is C36H34O8. The fourth-order valence-corrected chi connectivity index (χ4v) is 4.12. The van der Waals surface area contributed by atoms with Gasteiger partial charge in [-0.3, -0.25) is 4.79 Å². The molecule has 0 heterocycles. The summed E-state index contributed by atoms with van der Waals surface area (Å²) in [6.07, 6.45) is 1.04. The number of ether oxygens (including phenoxy) is 4. The van der Waals surface area contributed by atoms with E-state index in [1.807, 2.05) is 48.5 Å². The molecule has 226 valence electrons. The zero-order valence-corrected chi connectivity index (χ0v) is 24.5. The average molecular weight is 595 g/mol. The van der Waals surface area contributed by atoms with Gasteiger partial charge in [0.25, 0.3) is 0 Å². The minimum Gasteiger partial charge on any atom is -0.494 e. The second-order valence-electron chi connectivity index (χ2n) is 10.0. The number of carbonyl (C=O) groups excluding carboxylic acids is 2. The third-order valence-corrected chi connectivity index (χ3v) is 6.50. The minimum atomic E-state index is -0.863. The van der Waals surface area contributed by atoms with Gasteiger partial charge < -0.3 is 24.1 Å². The number of aliphatic carboxylic acids is 1. The van der Waals surface area contributed by atoms with Gasteiger partial charge in [0, 0.05) is 18.4 Å². The van der Waals surface area contributed by atoms with E-state index in [9.17, 15) is 14.4 Å². The fraction of sp³-hybridized carbons (Fsp3) is 0.194. The molecule has 0 amide bonds. The van der Waals surface area contributed by atoms with Crippen molar-refractivity contribution in [3.63, 3.8) is 0 Å². The van der Waals surface area contributed by atoms with Gasteiger partial charge in [0.2, 0.25) is 0 Å². The Morgan fingerprint density at radius 3 is 1.52 bits per heavy atom. The minimum absolute atomic E-state index is 0.0427. The molecule has 1 N–H and O–H groups in total. The fourth-order valence-electron chi connectivity index (χ4n) is 4.12. The molecule has 4 aromatic carbocycles. The van der Waals surface area contributed by atoms with Crippen molar-refractivity contribution in [2.75, 3.05) is 19.8 Å². The maximum Gasteiger partial charge on any atom is 0.343 e. The predicted molar refractivity (Wildman–Crippen MR) is 167 cm³/mol. The number of esters is 2. The van der Waals surface area contributed by atoms with Crippen molar-refractivity contribution in [2.24, 2.45) is 0 Å². The maximum absolute atomic E-state index is 12.6. The molecule has 4 rings (SSSR count). The van der Waals surface area contributed by atoms with Crippen LogP contribution in [0.3, 0.4) is 0 Å². The number of carbonyl (C=O) groups is 3. The van der Waals surface area contributed by atoms with Gasteiger partial charge in [-0.15, -0.1) is 0 Å². The first-order valence-corrected chi connectivity index (χ1v) is 14.2. The molecule has 0 saturated carbocycles. The zero-order valence-electron chi connectivity index (χ0n) is 24.5. The highest BCUT2D eigenvalue weighted by atomic mass is 16.5. The lowest BCUT2D eigenvalue weighted by Gasteiger charge is -2.09. The largest absolute Gasteiger partial charge is 0.494 e. The van der Waals surface area contributed by atoms with Crippen molar-refractivity contribution in [1.82, 2.24) is 0 Å². The summed E-state index contributed by atoms with van der Waals surface area (Å²) in [7, 11) is 0. The van der Waals surface area contributed by atoms with Gasteiger partial charge in [0.1, 0.15) is 17.2 Å². The van der Waals surface area contributed by atoms with Crippen molar-refractivity contribution < 1.29 is 38.4 Å². The Balaban J connectivity index is 1.25. The second-order valence-corrected chi connectivity index (χ2v) is 10.0. The molecule has 0 aliphatic rings. The summed E-state index contributed by atoms with van der Waals surface area (Å²) < 4.78 is 21.8. The molecule has 0 spiro atoms. The van der Waals surface area contributed by atoms with E-state index in [1.165, 1.54) is 0 Å². The summed E-state index contributed by atoms with van der Waals surface area (Å²) in [5.74, 6) is -0.00921. The van der Waals surface area contributed by atoms with Crippen LogP contribution < -0.4 is 14.2 Å². The van der Waals surface area contributed by atoms with Crippen LogP contribution in [0.1, 0.15) is 36.5 Å². The van der Waals surface area contributed by atoms with Gasteiger partial charge in [-0.05, 0) is 84.1 Å². The van der Waals surface area contributed by atoms with E-state index in [-0.39, 0.29) is 19.6 Å². The van der Waals surface area contributed by atoms with Crippen LogP contribution in [0.4, 0.5) is 0 Å². The molecule has 0 fully saturated rings. The molecule has 8 heteroatoms. The van der Waals surface area contributed by atoms with Crippen molar-refractivity contribution in [1.29, 1.82) is 0 Å². The zero-order chi connectivity index (χ0) is 31.3. The van der Waals surface area contributed by atoms with Gasteiger partial charge in [0.15, 0.2) is 0 Å². The summed E-state index contributed by atoms with van der Waals surface area (Å²) >= 11 is 0. The van der Waals surface area contributed by atoms with Crippen LogP contribution in [0.5, 0.6) is 17.2 Å². The molecule has 0 aliphatic heterocycles. The van der Waals surface area contributed by atoms with Crippen molar-refractivity contribution in [3.05, 3.63) is 115 Å². The summed E-state index contributed by atoms with van der Waals surface area (Å²) in [4.78, 5) is 34.6. The van der Waals surface area contributed by atoms with E-state index >= 15 is 0 Å². The Morgan fingerprint density at radius 2 is 1.05 bits per heavy atom. The van der Waals surface area contributed by atoms with Gasteiger partial charge in [-0.1, -0.05) is 55.1 Å². The van der Waals surface area contributed by atoms with Crippen LogP contribution >= 0.6 is 0 Å².